The lowest BCUT2D eigenvalue weighted by molar-refractivity contribution is 0.669. The lowest BCUT2D eigenvalue weighted by Crippen LogP contribution is -2.09. The predicted molar refractivity (Wildman–Crippen MR) is 192 cm³/mol. The summed E-state index contributed by atoms with van der Waals surface area (Å²) < 4.78 is 8.90. The zero-order chi connectivity index (χ0) is 29.7. The first kappa shape index (κ1) is 25.8. The Labute approximate surface area is 265 Å². The Morgan fingerprint density at radius 2 is 0.867 bits per heavy atom. The highest BCUT2D eigenvalue weighted by molar-refractivity contribution is 7.25. The second-order valence-electron chi connectivity index (χ2n) is 11.4. The fourth-order valence-electron chi connectivity index (χ4n) is 6.44. The zero-order valence-electron chi connectivity index (χ0n) is 24.4. The van der Waals surface area contributed by atoms with Gasteiger partial charge >= 0.3 is 0 Å². The Bertz CT molecular complexity index is 2360. The minimum absolute atomic E-state index is 0.886. The average molecular weight is 594 g/mol. The Hall–Kier alpha value is -5.64. The minimum atomic E-state index is 0.886. The van der Waals surface area contributed by atoms with E-state index in [0.29, 0.717) is 0 Å². The first-order chi connectivity index (χ1) is 22.3. The summed E-state index contributed by atoms with van der Waals surface area (Å²) in [6.45, 7) is 0. The number of hydrogen-bond donors (Lipinski definition) is 0. The summed E-state index contributed by atoms with van der Waals surface area (Å²) >= 11 is 1.84. The molecule has 0 fully saturated rings. The van der Waals surface area contributed by atoms with Gasteiger partial charge in [0.05, 0.1) is 0 Å². The molecule has 0 unspecified atom stereocenters. The van der Waals surface area contributed by atoms with Crippen LogP contribution in [0.3, 0.4) is 0 Å². The van der Waals surface area contributed by atoms with E-state index in [1.165, 1.54) is 42.4 Å². The molecule has 2 heterocycles. The summed E-state index contributed by atoms with van der Waals surface area (Å²) in [6.07, 6.45) is 0. The smallest absolute Gasteiger partial charge is 0.137 e. The highest BCUT2D eigenvalue weighted by Crippen LogP contribution is 2.42. The lowest BCUT2D eigenvalue weighted by atomic mass is 10.00. The molecule has 2 nitrogen and oxygen atoms in total. The molecule has 212 valence electrons. The summed E-state index contributed by atoms with van der Waals surface area (Å²) in [6, 6.07) is 58.5. The number of benzene rings is 7. The molecule has 0 aliphatic carbocycles. The Morgan fingerprint density at radius 3 is 1.62 bits per heavy atom. The topological polar surface area (TPSA) is 16.4 Å². The van der Waals surface area contributed by atoms with E-state index in [9.17, 15) is 0 Å². The van der Waals surface area contributed by atoms with Gasteiger partial charge in [0.25, 0.3) is 0 Å². The van der Waals surface area contributed by atoms with Crippen LogP contribution in [0.15, 0.2) is 168 Å². The highest BCUT2D eigenvalue weighted by Gasteiger charge is 2.17. The largest absolute Gasteiger partial charge is 0.456 e. The van der Waals surface area contributed by atoms with Crippen molar-refractivity contribution in [2.24, 2.45) is 0 Å². The number of fused-ring (bicyclic) bond motifs is 6. The molecule has 9 rings (SSSR count). The van der Waals surface area contributed by atoms with Crippen LogP contribution in [0.1, 0.15) is 0 Å². The number of rotatable bonds is 5. The Balaban J connectivity index is 1.15. The summed E-state index contributed by atoms with van der Waals surface area (Å²) in [5, 5.41) is 4.87. The SMILES string of the molecule is c1ccc(-c2ccc(-c3ccc(N(c4ccc5c(c4)oc4ccccc45)c4ccc5c(c4)sc4ccccc45)cc3)cc2)cc1. The van der Waals surface area contributed by atoms with Crippen LogP contribution < -0.4 is 4.90 Å². The predicted octanol–water partition coefficient (Wildman–Crippen LogP) is 12.8. The minimum Gasteiger partial charge on any atom is -0.456 e. The third-order valence-electron chi connectivity index (χ3n) is 8.69. The van der Waals surface area contributed by atoms with Crippen molar-refractivity contribution in [3.63, 3.8) is 0 Å². The molecule has 9 aromatic rings. The maximum Gasteiger partial charge on any atom is 0.137 e. The van der Waals surface area contributed by atoms with E-state index < -0.39 is 0 Å². The molecule has 0 atom stereocenters. The van der Waals surface area contributed by atoms with Gasteiger partial charge in [0, 0.05) is 54.1 Å². The quantitative estimate of drug-likeness (QED) is 0.197. The fourth-order valence-corrected chi connectivity index (χ4v) is 7.58. The molecule has 0 saturated carbocycles. The van der Waals surface area contributed by atoms with Crippen LogP contribution >= 0.6 is 11.3 Å². The van der Waals surface area contributed by atoms with Crippen LogP contribution in [0.25, 0.3) is 64.4 Å². The molecule has 0 amide bonds. The van der Waals surface area contributed by atoms with Gasteiger partial charge in [-0.3, -0.25) is 0 Å². The van der Waals surface area contributed by atoms with Gasteiger partial charge in [-0.25, -0.2) is 0 Å². The van der Waals surface area contributed by atoms with Crippen LogP contribution in [0.4, 0.5) is 17.1 Å². The molecule has 0 bridgehead atoms. The van der Waals surface area contributed by atoms with E-state index in [-0.39, 0.29) is 0 Å². The van der Waals surface area contributed by atoms with Crippen molar-refractivity contribution in [1.82, 2.24) is 0 Å². The zero-order valence-corrected chi connectivity index (χ0v) is 25.2. The normalized spacial score (nSPS) is 11.6. The molecular formula is C42H27NOS. The second kappa shape index (κ2) is 10.5. The van der Waals surface area contributed by atoms with Crippen molar-refractivity contribution in [2.45, 2.75) is 0 Å². The molecule has 0 saturated heterocycles. The molecule has 3 heteroatoms. The maximum absolute atomic E-state index is 6.32. The molecule has 7 aromatic carbocycles. The van der Waals surface area contributed by atoms with Gasteiger partial charge in [-0.05, 0) is 70.8 Å². The summed E-state index contributed by atoms with van der Waals surface area (Å²) in [5.74, 6) is 0. The second-order valence-corrected chi connectivity index (χ2v) is 12.5. The van der Waals surface area contributed by atoms with E-state index in [4.69, 9.17) is 4.42 Å². The van der Waals surface area contributed by atoms with Gasteiger partial charge in [0.15, 0.2) is 0 Å². The van der Waals surface area contributed by atoms with Crippen molar-refractivity contribution >= 4 is 70.5 Å². The number of hydrogen-bond acceptors (Lipinski definition) is 3. The van der Waals surface area contributed by atoms with Gasteiger partial charge in [-0.15, -0.1) is 11.3 Å². The van der Waals surface area contributed by atoms with Crippen molar-refractivity contribution in [3.05, 3.63) is 164 Å². The molecule has 0 radical (unpaired) electrons. The van der Waals surface area contributed by atoms with Crippen molar-refractivity contribution < 1.29 is 4.42 Å². The van der Waals surface area contributed by atoms with Crippen LogP contribution in [-0.2, 0) is 0 Å². The Kier molecular flexibility index (Phi) is 6.03. The molecule has 2 aromatic heterocycles. The van der Waals surface area contributed by atoms with Crippen LogP contribution in [0.2, 0.25) is 0 Å². The van der Waals surface area contributed by atoms with Gasteiger partial charge in [0.1, 0.15) is 11.2 Å². The summed E-state index contributed by atoms with van der Waals surface area (Å²) in [4.78, 5) is 2.33. The Morgan fingerprint density at radius 1 is 0.356 bits per heavy atom. The number of thiophene rings is 1. The molecule has 0 N–H and O–H groups in total. The first-order valence-corrected chi connectivity index (χ1v) is 16.0. The molecular weight excluding hydrogens is 567 g/mol. The number of para-hydroxylation sites is 1. The number of nitrogens with zero attached hydrogens (tertiary/aromatic N) is 1. The van der Waals surface area contributed by atoms with Crippen molar-refractivity contribution in [2.75, 3.05) is 4.90 Å². The molecule has 45 heavy (non-hydrogen) atoms. The van der Waals surface area contributed by atoms with Gasteiger partial charge in [-0.2, -0.15) is 0 Å². The van der Waals surface area contributed by atoms with E-state index in [2.05, 4.69) is 157 Å². The standard InChI is InChI=1S/C42H27NOS/c1-2-8-28(9-3-1)29-14-16-30(17-15-29)31-18-20-32(21-19-31)43(33-22-24-36-35-10-4-6-12-39(35)44-40(36)26-33)34-23-25-38-37-11-5-7-13-41(37)45-42(38)27-34/h1-27H. The summed E-state index contributed by atoms with van der Waals surface area (Å²) in [7, 11) is 0. The van der Waals surface area contributed by atoms with E-state index in [1.54, 1.807) is 0 Å². The molecule has 0 aliphatic rings. The summed E-state index contributed by atoms with van der Waals surface area (Å²) in [5.41, 5.74) is 9.89. The third-order valence-corrected chi connectivity index (χ3v) is 9.83. The van der Waals surface area contributed by atoms with Crippen LogP contribution in [0, 0.1) is 0 Å². The van der Waals surface area contributed by atoms with Crippen LogP contribution in [-0.4, -0.2) is 0 Å². The first-order valence-electron chi connectivity index (χ1n) is 15.2. The fraction of sp³-hybridized carbons (Fsp3) is 0. The van der Waals surface area contributed by atoms with Gasteiger partial charge in [0.2, 0.25) is 0 Å². The van der Waals surface area contributed by atoms with E-state index in [0.717, 1.165) is 39.0 Å². The monoisotopic (exact) mass is 593 g/mol. The molecule has 0 aliphatic heterocycles. The van der Waals surface area contributed by atoms with Crippen LogP contribution in [0.5, 0.6) is 0 Å². The lowest BCUT2D eigenvalue weighted by Gasteiger charge is -2.26. The van der Waals surface area contributed by atoms with Gasteiger partial charge in [-0.1, -0.05) is 109 Å². The van der Waals surface area contributed by atoms with E-state index in [1.807, 2.05) is 23.5 Å². The van der Waals surface area contributed by atoms with Crippen molar-refractivity contribution in [1.29, 1.82) is 0 Å². The maximum atomic E-state index is 6.32. The van der Waals surface area contributed by atoms with Gasteiger partial charge < -0.3 is 9.32 Å². The number of furan rings is 1. The van der Waals surface area contributed by atoms with E-state index >= 15 is 0 Å². The third kappa shape index (κ3) is 4.48. The highest BCUT2D eigenvalue weighted by atomic mass is 32.1. The number of anilines is 3. The average Bonchev–Trinajstić information content (AvgIpc) is 3.67. The van der Waals surface area contributed by atoms with Crippen molar-refractivity contribution in [3.8, 4) is 22.3 Å². The molecule has 0 spiro atoms.